The van der Waals surface area contributed by atoms with Crippen LogP contribution < -0.4 is 9.05 Å². The summed E-state index contributed by atoms with van der Waals surface area (Å²) in [5.41, 5.74) is -0.173. The fraction of sp³-hybridized carbons (Fsp3) is 0.200. The minimum absolute atomic E-state index is 0.0867. The molecule has 9 nitrogen and oxygen atoms in total. The number of hydrogen-bond donors (Lipinski definition) is 0. The van der Waals surface area contributed by atoms with E-state index in [0.717, 1.165) is 0 Å². The smallest absolute Gasteiger partial charge is 0.416 e. The maximum Gasteiger partial charge on any atom is 0.434 e. The van der Waals surface area contributed by atoms with Gasteiger partial charge in [-0.1, -0.05) is 6.92 Å². The first kappa shape index (κ1) is 19.8. The Bertz CT molecular complexity index is 763. The zero-order valence-electron chi connectivity index (χ0n) is 13.6. The first-order chi connectivity index (χ1) is 12.3. The molecular formula is C15H15N2O7PS. The van der Waals surface area contributed by atoms with Gasteiger partial charge in [0.2, 0.25) is 0 Å². The molecule has 0 bridgehead atoms. The number of nitro groups is 2. The van der Waals surface area contributed by atoms with E-state index in [0.29, 0.717) is 6.42 Å². The molecule has 0 saturated carbocycles. The molecule has 0 N–H and O–H groups in total. The van der Waals surface area contributed by atoms with E-state index in [4.69, 9.17) is 25.4 Å². The molecule has 0 aromatic heterocycles. The summed E-state index contributed by atoms with van der Waals surface area (Å²) in [5, 5.41) is 21.4. The minimum atomic E-state index is -3.26. The van der Waals surface area contributed by atoms with Gasteiger partial charge in [-0.3, -0.25) is 24.8 Å². The van der Waals surface area contributed by atoms with Crippen molar-refractivity contribution in [1.82, 2.24) is 0 Å². The lowest BCUT2D eigenvalue weighted by atomic mass is 10.3. The SMILES string of the molecule is CCCOP(=S)(Oc1ccc([N+](=O)[O-])cc1)Oc1ccc([N+](=O)[O-])cc1. The second-order valence-corrected chi connectivity index (χ2v) is 7.82. The number of benzene rings is 2. The topological polar surface area (TPSA) is 114 Å². The van der Waals surface area contributed by atoms with E-state index in [-0.39, 0.29) is 29.5 Å². The van der Waals surface area contributed by atoms with E-state index >= 15 is 0 Å². The van der Waals surface area contributed by atoms with Crippen LogP contribution in [0, 0.1) is 20.2 Å². The highest BCUT2D eigenvalue weighted by atomic mass is 32.5. The highest BCUT2D eigenvalue weighted by molar-refractivity contribution is 8.07. The molecule has 0 aliphatic rings. The molecule has 2 rings (SSSR count). The first-order valence-corrected chi connectivity index (χ1v) is 10.0. The largest absolute Gasteiger partial charge is 0.434 e. The van der Waals surface area contributed by atoms with Crippen LogP contribution in [0.2, 0.25) is 0 Å². The molecule has 2 aromatic carbocycles. The Balaban J connectivity index is 2.19. The molecule has 0 amide bonds. The van der Waals surface area contributed by atoms with Gasteiger partial charge in [-0.25, -0.2) is 0 Å². The molecule has 0 heterocycles. The Hall–Kier alpha value is -2.55. The van der Waals surface area contributed by atoms with Crippen molar-refractivity contribution in [3.05, 3.63) is 68.8 Å². The molecule has 0 spiro atoms. The summed E-state index contributed by atoms with van der Waals surface area (Å²) in [6, 6.07) is 10.7. The summed E-state index contributed by atoms with van der Waals surface area (Å²) < 4.78 is 16.8. The molecule has 0 aliphatic heterocycles. The van der Waals surface area contributed by atoms with E-state index in [2.05, 4.69) is 0 Å². The van der Waals surface area contributed by atoms with Crippen LogP contribution in [-0.2, 0) is 16.3 Å². The van der Waals surface area contributed by atoms with E-state index in [1.165, 1.54) is 48.5 Å². The number of rotatable bonds is 9. The van der Waals surface area contributed by atoms with Gasteiger partial charge in [0.15, 0.2) is 0 Å². The standard InChI is InChI=1S/C15H15N2O7PS/c1-2-11-22-25(26,23-14-7-3-12(4-8-14)16(18)19)24-15-9-5-13(6-10-15)17(20)21/h3-10H,2,11H2,1H3. The second-order valence-electron chi connectivity index (χ2n) is 4.97. The van der Waals surface area contributed by atoms with Crippen LogP contribution >= 0.6 is 6.72 Å². The van der Waals surface area contributed by atoms with E-state index < -0.39 is 16.6 Å². The molecule has 0 fully saturated rings. The van der Waals surface area contributed by atoms with Crippen LogP contribution in [0.5, 0.6) is 11.5 Å². The number of nitrogens with zero attached hydrogens (tertiary/aromatic N) is 2. The predicted molar refractivity (Wildman–Crippen MR) is 98.0 cm³/mol. The lowest BCUT2D eigenvalue weighted by molar-refractivity contribution is -0.385. The van der Waals surface area contributed by atoms with Gasteiger partial charge >= 0.3 is 6.72 Å². The van der Waals surface area contributed by atoms with Gasteiger partial charge in [-0.05, 0) is 30.7 Å². The Kier molecular flexibility index (Phi) is 6.62. The number of hydrogen-bond acceptors (Lipinski definition) is 8. The van der Waals surface area contributed by atoms with Crippen molar-refractivity contribution < 1.29 is 23.4 Å². The van der Waals surface area contributed by atoms with Crippen molar-refractivity contribution in [3.8, 4) is 11.5 Å². The van der Waals surface area contributed by atoms with Crippen molar-refractivity contribution in [2.45, 2.75) is 13.3 Å². The maximum atomic E-state index is 10.7. The van der Waals surface area contributed by atoms with Crippen molar-refractivity contribution in [2.24, 2.45) is 0 Å². The van der Waals surface area contributed by atoms with Crippen LogP contribution in [0.25, 0.3) is 0 Å². The summed E-state index contributed by atoms with van der Waals surface area (Å²) in [5.74, 6) is 0.522. The average molecular weight is 398 g/mol. The zero-order chi connectivity index (χ0) is 19.2. The third-order valence-corrected chi connectivity index (χ3v) is 5.11. The average Bonchev–Trinajstić information content (AvgIpc) is 2.61. The molecule has 0 saturated heterocycles. The summed E-state index contributed by atoms with van der Waals surface area (Å²) in [4.78, 5) is 20.4. The van der Waals surface area contributed by atoms with Crippen LogP contribution in [0.1, 0.15) is 13.3 Å². The lowest BCUT2D eigenvalue weighted by Gasteiger charge is -2.22. The Morgan fingerprint density at radius 3 is 1.58 bits per heavy atom. The molecular weight excluding hydrogens is 383 g/mol. The van der Waals surface area contributed by atoms with Gasteiger partial charge in [0.1, 0.15) is 11.5 Å². The van der Waals surface area contributed by atoms with Crippen molar-refractivity contribution in [2.75, 3.05) is 6.61 Å². The molecule has 0 atom stereocenters. The van der Waals surface area contributed by atoms with Gasteiger partial charge in [-0.15, -0.1) is 0 Å². The van der Waals surface area contributed by atoms with Gasteiger partial charge < -0.3 is 9.05 Å². The van der Waals surface area contributed by atoms with Gasteiger partial charge in [0, 0.05) is 36.1 Å². The van der Waals surface area contributed by atoms with Crippen LogP contribution in [-0.4, -0.2) is 16.5 Å². The van der Waals surface area contributed by atoms with Crippen LogP contribution in [0.4, 0.5) is 11.4 Å². The fourth-order valence-corrected chi connectivity index (χ4v) is 3.84. The van der Waals surface area contributed by atoms with Crippen LogP contribution in [0.15, 0.2) is 48.5 Å². The summed E-state index contributed by atoms with van der Waals surface area (Å²) in [6.45, 7) is -1.09. The second kappa shape index (κ2) is 8.70. The van der Waals surface area contributed by atoms with Crippen molar-refractivity contribution in [1.29, 1.82) is 0 Å². The predicted octanol–water partition coefficient (Wildman–Crippen LogP) is 4.61. The molecule has 26 heavy (non-hydrogen) atoms. The minimum Gasteiger partial charge on any atom is -0.416 e. The normalized spacial score (nSPS) is 11.0. The quantitative estimate of drug-likeness (QED) is 0.342. The van der Waals surface area contributed by atoms with Crippen LogP contribution in [0.3, 0.4) is 0 Å². The van der Waals surface area contributed by atoms with E-state index in [9.17, 15) is 20.2 Å². The zero-order valence-corrected chi connectivity index (χ0v) is 15.4. The third kappa shape index (κ3) is 5.48. The third-order valence-electron chi connectivity index (χ3n) is 2.98. The number of nitro benzene ring substituents is 2. The highest BCUT2D eigenvalue weighted by Gasteiger charge is 2.25. The lowest BCUT2D eigenvalue weighted by Crippen LogP contribution is -2.05. The Morgan fingerprint density at radius 1 is 0.885 bits per heavy atom. The summed E-state index contributed by atoms with van der Waals surface area (Å²) >= 11 is 5.38. The van der Waals surface area contributed by atoms with E-state index in [1.807, 2.05) is 6.92 Å². The van der Waals surface area contributed by atoms with Gasteiger partial charge in [0.25, 0.3) is 11.4 Å². The molecule has 0 unspecified atom stereocenters. The molecule has 138 valence electrons. The Labute approximate surface area is 154 Å². The maximum absolute atomic E-state index is 10.7. The summed E-state index contributed by atoms with van der Waals surface area (Å²) in [6.07, 6.45) is 0.672. The highest BCUT2D eigenvalue weighted by Crippen LogP contribution is 2.50. The molecule has 0 aliphatic carbocycles. The summed E-state index contributed by atoms with van der Waals surface area (Å²) in [7, 11) is 0. The van der Waals surface area contributed by atoms with Gasteiger partial charge in [-0.2, -0.15) is 0 Å². The molecule has 2 aromatic rings. The fourth-order valence-electron chi connectivity index (χ4n) is 1.79. The monoisotopic (exact) mass is 398 g/mol. The number of non-ortho nitro benzene ring substituents is 2. The molecule has 0 radical (unpaired) electrons. The van der Waals surface area contributed by atoms with Crippen molar-refractivity contribution in [3.63, 3.8) is 0 Å². The first-order valence-electron chi connectivity index (χ1n) is 7.45. The Morgan fingerprint density at radius 2 is 1.27 bits per heavy atom. The van der Waals surface area contributed by atoms with E-state index in [1.54, 1.807) is 0 Å². The molecule has 11 heteroatoms. The van der Waals surface area contributed by atoms with Gasteiger partial charge in [0.05, 0.1) is 16.5 Å². The van der Waals surface area contributed by atoms with Crippen molar-refractivity contribution >= 4 is 29.9 Å².